The molecule has 0 radical (unpaired) electrons. The first-order valence-electron chi connectivity index (χ1n) is 7.17. The molecule has 2 atom stereocenters. The maximum Gasteiger partial charge on any atom is 0.118 e. The van der Waals surface area contributed by atoms with Gasteiger partial charge in [-0.2, -0.15) is 0 Å². The van der Waals surface area contributed by atoms with Gasteiger partial charge < -0.3 is 10.2 Å². The van der Waals surface area contributed by atoms with Gasteiger partial charge in [0, 0.05) is 10.9 Å². The van der Waals surface area contributed by atoms with E-state index < -0.39 is 0 Å². The standard InChI is InChI=1S/C17H23NOS/c1-4-15(18)17(16-6-5-11-19-16)20-14-9-7-13(8-10-14)12(2)3/h5-12,15,17H,4,18H2,1-3H3. The van der Waals surface area contributed by atoms with E-state index in [1.54, 1.807) is 18.0 Å². The van der Waals surface area contributed by atoms with E-state index in [-0.39, 0.29) is 11.3 Å². The van der Waals surface area contributed by atoms with Crippen molar-refractivity contribution >= 4 is 11.8 Å². The van der Waals surface area contributed by atoms with Gasteiger partial charge in [0.2, 0.25) is 0 Å². The van der Waals surface area contributed by atoms with E-state index in [9.17, 15) is 0 Å². The van der Waals surface area contributed by atoms with Crippen LogP contribution in [0.5, 0.6) is 0 Å². The van der Waals surface area contributed by atoms with E-state index in [1.807, 2.05) is 12.1 Å². The summed E-state index contributed by atoms with van der Waals surface area (Å²) in [5.41, 5.74) is 7.62. The lowest BCUT2D eigenvalue weighted by atomic mass is 10.0. The second kappa shape index (κ2) is 7.00. The molecule has 2 N–H and O–H groups in total. The second-order valence-corrected chi connectivity index (χ2v) is 6.56. The molecule has 0 aliphatic carbocycles. The SMILES string of the molecule is CCC(N)C(Sc1ccc(C(C)C)cc1)c1ccco1. The minimum atomic E-state index is 0.0934. The quantitative estimate of drug-likeness (QED) is 0.763. The summed E-state index contributed by atoms with van der Waals surface area (Å²) in [4.78, 5) is 1.24. The first-order valence-corrected chi connectivity index (χ1v) is 8.05. The largest absolute Gasteiger partial charge is 0.468 e. The Kier molecular flexibility index (Phi) is 5.32. The van der Waals surface area contributed by atoms with Gasteiger partial charge >= 0.3 is 0 Å². The number of thioether (sulfide) groups is 1. The van der Waals surface area contributed by atoms with Gasteiger partial charge in [0.1, 0.15) is 5.76 Å². The summed E-state index contributed by atoms with van der Waals surface area (Å²) in [6, 6.07) is 12.8. The Morgan fingerprint density at radius 2 is 1.85 bits per heavy atom. The van der Waals surface area contributed by atoms with Gasteiger partial charge in [0.15, 0.2) is 0 Å². The van der Waals surface area contributed by atoms with Crippen molar-refractivity contribution in [2.24, 2.45) is 5.73 Å². The van der Waals surface area contributed by atoms with Gasteiger partial charge in [-0.05, 0) is 42.2 Å². The molecule has 0 saturated carbocycles. The molecule has 0 spiro atoms. The van der Waals surface area contributed by atoms with Gasteiger partial charge in [-0.25, -0.2) is 0 Å². The van der Waals surface area contributed by atoms with Crippen molar-refractivity contribution in [2.75, 3.05) is 0 Å². The molecule has 108 valence electrons. The van der Waals surface area contributed by atoms with E-state index >= 15 is 0 Å². The first-order chi connectivity index (χ1) is 9.61. The Hall–Kier alpha value is -1.19. The highest BCUT2D eigenvalue weighted by atomic mass is 32.2. The zero-order chi connectivity index (χ0) is 14.5. The van der Waals surface area contributed by atoms with Gasteiger partial charge in [-0.3, -0.25) is 0 Å². The minimum absolute atomic E-state index is 0.0934. The normalized spacial score (nSPS) is 14.4. The molecule has 0 amide bonds. The van der Waals surface area contributed by atoms with Crippen LogP contribution in [-0.4, -0.2) is 6.04 Å². The molecule has 3 heteroatoms. The van der Waals surface area contributed by atoms with E-state index in [1.165, 1.54) is 10.5 Å². The molecule has 2 nitrogen and oxygen atoms in total. The van der Waals surface area contributed by atoms with Gasteiger partial charge in [-0.15, -0.1) is 11.8 Å². The second-order valence-electron chi connectivity index (χ2n) is 5.35. The van der Waals surface area contributed by atoms with Crippen molar-refractivity contribution in [1.29, 1.82) is 0 Å². The fourth-order valence-corrected chi connectivity index (χ4v) is 3.31. The van der Waals surface area contributed by atoms with Crippen molar-refractivity contribution in [1.82, 2.24) is 0 Å². The van der Waals surface area contributed by atoms with E-state index in [0.717, 1.165) is 12.2 Å². The highest BCUT2D eigenvalue weighted by Crippen LogP contribution is 2.38. The van der Waals surface area contributed by atoms with Crippen molar-refractivity contribution in [3.8, 4) is 0 Å². The molecular weight excluding hydrogens is 266 g/mol. The maximum absolute atomic E-state index is 6.25. The van der Waals surface area contributed by atoms with Crippen LogP contribution in [0, 0.1) is 0 Å². The number of hydrogen-bond donors (Lipinski definition) is 1. The Morgan fingerprint density at radius 3 is 2.35 bits per heavy atom. The molecular formula is C17H23NOS. The summed E-state index contributed by atoms with van der Waals surface area (Å²) in [5, 5.41) is 0.167. The van der Waals surface area contributed by atoms with E-state index in [4.69, 9.17) is 10.2 Å². The third kappa shape index (κ3) is 3.68. The monoisotopic (exact) mass is 289 g/mol. The number of rotatable bonds is 6. The molecule has 1 aromatic heterocycles. The van der Waals surface area contributed by atoms with Crippen LogP contribution in [0.2, 0.25) is 0 Å². The molecule has 0 bridgehead atoms. The Labute approximate surface area is 125 Å². The van der Waals surface area contributed by atoms with Crippen LogP contribution in [0.4, 0.5) is 0 Å². The minimum Gasteiger partial charge on any atom is -0.468 e. The average Bonchev–Trinajstić information content (AvgIpc) is 2.98. The Morgan fingerprint density at radius 1 is 1.15 bits per heavy atom. The summed E-state index contributed by atoms with van der Waals surface area (Å²) >= 11 is 1.78. The van der Waals surface area contributed by atoms with Crippen LogP contribution < -0.4 is 5.73 Å². The molecule has 20 heavy (non-hydrogen) atoms. The van der Waals surface area contributed by atoms with Crippen molar-refractivity contribution in [2.45, 2.75) is 49.3 Å². The fraction of sp³-hybridized carbons (Fsp3) is 0.412. The number of benzene rings is 1. The van der Waals surface area contributed by atoms with E-state index in [2.05, 4.69) is 45.0 Å². The zero-order valence-corrected chi connectivity index (χ0v) is 13.2. The summed E-state index contributed by atoms with van der Waals surface area (Å²) < 4.78 is 5.55. The smallest absolute Gasteiger partial charge is 0.118 e. The molecule has 0 saturated heterocycles. The van der Waals surface area contributed by atoms with Gasteiger partial charge in [0.05, 0.1) is 11.5 Å². The van der Waals surface area contributed by atoms with Crippen molar-refractivity contribution in [3.63, 3.8) is 0 Å². The third-order valence-electron chi connectivity index (χ3n) is 3.49. The predicted molar refractivity (Wildman–Crippen MR) is 86.1 cm³/mol. The van der Waals surface area contributed by atoms with Crippen LogP contribution in [0.25, 0.3) is 0 Å². The summed E-state index contributed by atoms with van der Waals surface area (Å²) in [7, 11) is 0. The van der Waals surface area contributed by atoms with Gasteiger partial charge in [-0.1, -0.05) is 32.9 Å². The molecule has 0 aliphatic heterocycles. The lowest BCUT2D eigenvalue weighted by Crippen LogP contribution is -2.25. The third-order valence-corrected chi connectivity index (χ3v) is 4.87. The molecule has 1 heterocycles. The Bertz CT molecular complexity index is 504. The molecule has 2 unspecified atom stereocenters. The number of furan rings is 1. The van der Waals surface area contributed by atoms with Crippen LogP contribution in [0.1, 0.15) is 49.7 Å². The number of nitrogens with two attached hydrogens (primary N) is 1. The van der Waals surface area contributed by atoms with Crippen LogP contribution in [0.3, 0.4) is 0 Å². The topological polar surface area (TPSA) is 39.2 Å². The lowest BCUT2D eigenvalue weighted by molar-refractivity contribution is 0.474. The molecule has 2 rings (SSSR count). The lowest BCUT2D eigenvalue weighted by Gasteiger charge is -2.20. The average molecular weight is 289 g/mol. The maximum atomic E-state index is 6.25. The highest BCUT2D eigenvalue weighted by molar-refractivity contribution is 7.99. The van der Waals surface area contributed by atoms with Crippen LogP contribution in [-0.2, 0) is 0 Å². The van der Waals surface area contributed by atoms with Crippen LogP contribution >= 0.6 is 11.8 Å². The zero-order valence-electron chi connectivity index (χ0n) is 12.4. The van der Waals surface area contributed by atoms with Crippen molar-refractivity contribution in [3.05, 3.63) is 54.0 Å². The predicted octanol–water partition coefficient (Wildman–Crippen LogP) is 4.97. The molecule has 0 fully saturated rings. The summed E-state index contributed by atoms with van der Waals surface area (Å²) in [5.74, 6) is 1.52. The first kappa shape index (κ1) is 15.2. The number of hydrogen-bond acceptors (Lipinski definition) is 3. The van der Waals surface area contributed by atoms with E-state index in [0.29, 0.717) is 5.92 Å². The molecule has 1 aromatic carbocycles. The Balaban J connectivity index is 2.15. The summed E-state index contributed by atoms with van der Waals surface area (Å²) in [6.07, 6.45) is 2.65. The van der Waals surface area contributed by atoms with Gasteiger partial charge in [0.25, 0.3) is 0 Å². The fourth-order valence-electron chi connectivity index (χ4n) is 2.10. The summed E-state index contributed by atoms with van der Waals surface area (Å²) in [6.45, 7) is 6.53. The van der Waals surface area contributed by atoms with Crippen LogP contribution in [0.15, 0.2) is 52.0 Å². The molecule has 0 aliphatic rings. The van der Waals surface area contributed by atoms with Crippen molar-refractivity contribution < 1.29 is 4.42 Å². The molecule has 2 aromatic rings. The highest BCUT2D eigenvalue weighted by Gasteiger charge is 2.22.